The molecule has 0 bridgehead atoms. The van der Waals surface area contributed by atoms with Gasteiger partial charge in [0.05, 0.1) is 5.56 Å². The average Bonchev–Trinajstić information content (AvgIpc) is 2.89. The first-order valence-corrected chi connectivity index (χ1v) is 5.88. The number of hydrogen-bond acceptors (Lipinski definition) is 4. The molecule has 0 aliphatic rings. The van der Waals surface area contributed by atoms with Crippen LogP contribution in [0.1, 0.15) is 5.56 Å². The zero-order valence-corrected chi connectivity index (χ0v) is 10.3. The zero-order valence-electron chi connectivity index (χ0n) is 10.3. The van der Waals surface area contributed by atoms with Crippen molar-refractivity contribution < 1.29 is 5.11 Å². The van der Waals surface area contributed by atoms with Crippen LogP contribution in [0.25, 0.3) is 22.9 Å². The fourth-order valence-electron chi connectivity index (χ4n) is 1.88. The summed E-state index contributed by atoms with van der Waals surface area (Å²) in [6.45, 7) is 1.96. The fourth-order valence-corrected chi connectivity index (χ4v) is 1.88. The lowest BCUT2D eigenvalue weighted by molar-refractivity contribution is 0.477. The minimum atomic E-state index is 0.158. The van der Waals surface area contributed by atoms with E-state index in [2.05, 4.69) is 20.2 Å². The normalized spacial score (nSPS) is 10.6. The van der Waals surface area contributed by atoms with Gasteiger partial charge < -0.3 is 5.11 Å². The van der Waals surface area contributed by atoms with Crippen molar-refractivity contribution in [1.82, 2.24) is 20.2 Å². The lowest BCUT2D eigenvalue weighted by atomic mass is 10.2. The molecule has 5 nitrogen and oxygen atoms in total. The van der Waals surface area contributed by atoms with Crippen LogP contribution in [0.4, 0.5) is 0 Å². The molecule has 0 spiro atoms. The molecule has 0 radical (unpaired) electrons. The Labute approximate surface area is 110 Å². The second kappa shape index (κ2) is 4.53. The number of pyridine rings is 1. The van der Waals surface area contributed by atoms with Crippen molar-refractivity contribution in [2.75, 3.05) is 0 Å². The van der Waals surface area contributed by atoms with Crippen LogP contribution in [0.15, 0.2) is 42.6 Å². The van der Waals surface area contributed by atoms with Crippen LogP contribution in [-0.2, 0) is 0 Å². The highest BCUT2D eigenvalue weighted by molar-refractivity contribution is 5.65. The summed E-state index contributed by atoms with van der Waals surface area (Å²) in [7, 11) is 0. The van der Waals surface area contributed by atoms with E-state index in [-0.39, 0.29) is 5.75 Å². The van der Waals surface area contributed by atoms with E-state index in [0.29, 0.717) is 17.2 Å². The van der Waals surface area contributed by atoms with Crippen molar-refractivity contribution in [2.24, 2.45) is 0 Å². The molecule has 1 aromatic carbocycles. The van der Waals surface area contributed by atoms with Gasteiger partial charge in [-0.05, 0) is 30.7 Å². The summed E-state index contributed by atoms with van der Waals surface area (Å²) in [5.74, 6) is 1.21. The van der Waals surface area contributed by atoms with Gasteiger partial charge in [-0.2, -0.15) is 5.10 Å². The van der Waals surface area contributed by atoms with E-state index in [1.54, 1.807) is 24.4 Å². The number of benzene rings is 1. The summed E-state index contributed by atoms with van der Waals surface area (Å²) in [4.78, 5) is 8.66. The largest absolute Gasteiger partial charge is 0.507 e. The quantitative estimate of drug-likeness (QED) is 0.735. The third-order valence-electron chi connectivity index (χ3n) is 2.86. The first-order valence-electron chi connectivity index (χ1n) is 5.88. The lowest BCUT2D eigenvalue weighted by Crippen LogP contribution is -1.89. The highest BCUT2D eigenvalue weighted by Gasteiger charge is 2.12. The smallest absolute Gasteiger partial charge is 0.185 e. The van der Waals surface area contributed by atoms with Crippen molar-refractivity contribution in [3.8, 4) is 28.7 Å². The Hall–Kier alpha value is -2.69. The number of aryl methyl sites for hydroxylation is 1. The Morgan fingerprint density at radius 2 is 1.95 bits per heavy atom. The van der Waals surface area contributed by atoms with Gasteiger partial charge in [-0.1, -0.05) is 18.2 Å². The number of aromatic amines is 1. The monoisotopic (exact) mass is 252 g/mol. The molecule has 2 aromatic heterocycles. The summed E-state index contributed by atoms with van der Waals surface area (Å²) in [6, 6.07) is 10.8. The van der Waals surface area contributed by atoms with E-state index in [4.69, 9.17) is 0 Å². The Balaban J connectivity index is 2.06. The van der Waals surface area contributed by atoms with E-state index in [0.717, 1.165) is 11.3 Å². The molecule has 5 heteroatoms. The van der Waals surface area contributed by atoms with Crippen LogP contribution in [-0.4, -0.2) is 25.3 Å². The van der Waals surface area contributed by atoms with Gasteiger partial charge in [0.2, 0.25) is 0 Å². The lowest BCUT2D eigenvalue weighted by Gasteiger charge is -1.99. The maximum atomic E-state index is 9.79. The summed E-state index contributed by atoms with van der Waals surface area (Å²) in [5.41, 5.74) is 2.37. The number of H-pyrrole nitrogens is 1. The number of hydrogen-bond donors (Lipinski definition) is 2. The van der Waals surface area contributed by atoms with E-state index in [1.165, 1.54) is 0 Å². The number of rotatable bonds is 2. The number of aromatic nitrogens is 4. The summed E-state index contributed by atoms with van der Waals surface area (Å²) < 4.78 is 0. The molecule has 94 valence electrons. The second-order valence-electron chi connectivity index (χ2n) is 4.19. The third kappa shape index (κ3) is 2.06. The molecule has 0 fully saturated rings. The van der Waals surface area contributed by atoms with Crippen molar-refractivity contribution in [3.05, 3.63) is 48.2 Å². The number of phenols is 1. The van der Waals surface area contributed by atoms with Gasteiger partial charge >= 0.3 is 0 Å². The van der Waals surface area contributed by atoms with Gasteiger partial charge in [-0.25, -0.2) is 4.98 Å². The standard InChI is InChI=1S/C14H12N4O/c1-9-5-4-8-15-12(9)14-16-13(17-18-14)10-6-2-3-7-11(10)19/h2-8,19H,1H3,(H,16,17,18). The highest BCUT2D eigenvalue weighted by atomic mass is 16.3. The van der Waals surface area contributed by atoms with Crippen molar-refractivity contribution in [3.63, 3.8) is 0 Å². The van der Waals surface area contributed by atoms with Gasteiger partial charge in [0, 0.05) is 6.20 Å². The minimum Gasteiger partial charge on any atom is -0.507 e. The summed E-state index contributed by atoms with van der Waals surface area (Å²) >= 11 is 0. The highest BCUT2D eigenvalue weighted by Crippen LogP contribution is 2.27. The van der Waals surface area contributed by atoms with E-state index in [1.807, 2.05) is 25.1 Å². The average molecular weight is 252 g/mol. The van der Waals surface area contributed by atoms with E-state index in [9.17, 15) is 5.11 Å². The number of phenolic OH excluding ortho intramolecular Hbond substituents is 1. The molecule has 3 rings (SSSR count). The van der Waals surface area contributed by atoms with E-state index < -0.39 is 0 Å². The molecule has 0 unspecified atom stereocenters. The molecule has 0 saturated heterocycles. The number of nitrogens with one attached hydrogen (secondary N) is 1. The Bertz CT molecular complexity index is 661. The number of nitrogens with zero attached hydrogens (tertiary/aromatic N) is 3. The first-order chi connectivity index (χ1) is 9.25. The van der Waals surface area contributed by atoms with Crippen LogP contribution in [0.2, 0.25) is 0 Å². The predicted molar refractivity (Wildman–Crippen MR) is 71.5 cm³/mol. The molecule has 0 aliphatic heterocycles. The molecule has 19 heavy (non-hydrogen) atoms. The maximum Gasteiger partial charge on any atom is 0.185 e. The summed E-state index contributed by atoms with van der Waals surface area (Å²) in [6.07, 6.45) is 1.71. The Kier molecular flexibility index (Phi) is 2.72. The van der Waals surface area contributed by atoms with Crippen LogP contribution >= 0.6 is 0 Å². The Morgan fingerprint density at radius 3 is 2.74 bits per heavy atom. The van der Waals surface area contributed by atoms with Gasteiger partial charge in [0.1, 0.15) is 11.4 Å². The summed E-state index contributed by atoms with van der Waals surface area (Å²) in [5, 5.41) is 16.8. The van der Waals surface area contributed by atoms with Crippen LogP contribution in [0.3, 0.4) is 0 Å². The maximum absolute atomic E-state index is 9.79. The molecule has 2 heterocycles. The van der Waals surface area contributed by atoms with Crippen molar-refractivity contribution in [1.29, 1.82) is 0 Å². The van der Waals surface area contributed by atoms with Crippen LogP contribution < -0.4 is 0 Å². The second-order valence-corrected chi connectivity index (χ2v) is 4.19. The zero-order chi connectivity index (χ0) is 13.2. The van der Waals surface area contributed by atoms with Crippen LogP contribution in [0.5, 0.6) is 5.75 Å². The molecule has 0 aliphatic carbocycles. The van der Waals surface area contributed by atoms with Gasteiger partial charge in [-0.15, -0.1) is 0 Å². The first kappa shape index (κ1) is 11.4. The third-order valence-corrected chi connectivity index (χ3v) is 2.86. The molecule has 2 N–H and O–H groups in total. The molecular formula is C14H12N4O. The predicted octanol–water partition coefficient (Wildman–Crippen LogP) is 2.55. The number of para-hydroxylation sites is 1. The fraction of sp³-hybridized carbons (Fsp3) is 0.0714. The molecular weight excluding hydrogens is 240 g/mol. The number of aromatic hydroxyl groups is 1. The van der Waals surface area contributed by atoms with Crippen LogP contribution in [0, 0.1) is 6.92 Å². The van der Waals surface area contributed by atoms with Gasteiger partial charge in [0.25, 0.3) is 0 Å². The molecule has 0 saturated carbocycles. The van der Waals surface area contributed by atoms with Gasteiger partial charge in [-0.3, -0.25) is 10.1 Å². The molecule has 0 amide bonds. The SMILES string of the molecule is Cc1cccnc1-c1nc(-c2ccccc2O)n[nH]1. The topological polar surface area (TPSA) is 74.7 Å². The van der Waals surface area contributed by atoms with Crippen molar-refractivity contribution >= 4 is 0 Å². The van der Waals surface area contributed by atoms with Gasteiger partial charge in [0.15, 0.2) is 11.6 Å². The molecule has 0 atom stereocenters. The van der Waals surface area contributed by atoms with E-state index >= 15 is 0 Å². The Morgan fingerprint density at radius 1 is 1.11 bits per heavy atom. The minimum absolute atomic E-state index is 0.158. The molecule has 3 aromatic rings. The van der Waals surface area contributed by atoms with Crippen molar-refractivity contribution in [2.45, 2.75) is 6.92 Å².